The van der Waals surface area contributed by atoms with Crippen LogP contribution in [0.25, 0.3) is 43.6 Å². The summed E-state index contributed by atoms with van der Waals surface area (Å²) in [5.41, 5.74) is 7.67. The summed E-state index contributed by atoms with van der Waals surface area (Å²) < 4.78 is 0. The Balaban J connectivity index is 1.06. The minimum Gasteiger partial charge on any atom is -0.390 e. The van der Waals surface area contributed by atoms with Gasteiger partial charge in [-0.2, -0.15) is 0 Å². The highest BCUT2D eigenvalue weighted by Crippen LogP contribution is 2.20. The van der Waals surface area contributed by atoms with E-state index in [1.165, 1.54) is 0 Å². The van der Waals surface area contributed by atoms with Crippen LogP contribution in [-0.4, -0.2) is 54.0 Å². The number of para-hydroxylation sites is 4. The summed E-state index contributed by atoms with van der Waals surface area (Å²) >= 11 is 0. The Morgan fingerprint density at radius 3 is 0.900 bits per heavy atom. The molecule has 0 aliphatic rings. The molecule has 4 aromatic heterocycles. The van der Waals surface area contributed by atoms with Gasteiger partial charge in [-0.1, -0.05) is 97.1 Å². The van der Waals surface area contributed by atoms with Gasteiger partial charge in [0.15, 0.2) is 0 Å². The number of hydrogen-bond donors (Lipinski definition) is 1. The Morgan fingerprint density at radius 1 is 0.360 bits per heavy atom. The van der Waals surface area contributed by atoms with E-state index in [0.29, 0.717) is 39.3 Å². The van der Waals surface area contributed by atoms with E-state index in [9.17, 15) is 5.11 Å². The Labute approximate surface area is 291 Å². The quantitative estimate of drug-likeness (QED) is 0.143. The van der Waals surface area contributed by atoms with Crippen LogP contribution >= 0.6 is 0 Å². The summed E-state index contributed by atoms with van der Waals surface area (Å²) in [5, 5.41) is 16.3. The number of aliphatic hydroxyl groups excluding tert-OH is 1. The highest BCUT2D eigenvalue weighted by Gasteiger charge is 2.20. The van der Waals surface area contributed by atoms with Crippen molar-refractivity contribution in [3.8, 4) is 0 Å². The van der Waals surface area contributed by atoms with Crippen LogP contribution in [0.15, 0.2) is 146 Å². The molecule has 0 bridgehead atoms. The third-order valence-corrected chi connectivity index (χ3v) is 9.10. The molecule has 0 radical (unpaired) electrons. The Bertz CT molecular complexity index is 2080. The first-order valence-corrected chi connectivity index (χ1v) is 17.1. The first-order chi connectivity index (χ1) is 24.6. The molecule has 7 heteroatoms. The standard InChI is InChI=1S/C43H38N6O/c50-39(29-48(25-35-21-17-31-9-1-5-13-40(31)44-35)26-36-22-18-32-10-2-6-14-41(32)45-36)30-49(27-37-23-19-33-11-3-7-15-42(33)46-37)28-38-24-20-34-12-4-8-16-43(34)47-38/h1-24,39,50H,25-30H2. The molecule has 0 saturated heterocycles. The Morgan fingerprint density at radius 2 is 0.620 bits per heavy atom. The predicted molar refractivity (Wildman–Crippen MR) is 201 cm³/mol. The van der Waals surface area contributed by atoms with Crippen LogP contribution in [0.1, 0.15) is 22.8 Å². The van der Waals surface area contributed by atoms with Crippen molar-refractivity contribution in [1.82, 2.24) is 29.7 Å². The second kappa shape index (κ2) is 14.5. The molecule has 8 rings (SSSR count). The number of rotatable bonds is 12. The van der Waals surface area contributed by atoms with Crippen molar-refractivity contribution < 1.29 is 5.11 Å². The van der Waals surface area contributed by atoms with Crippen molar-refractivity contribution in [3.63, 3.8) is 0 Å². The maximum atomic E-state index is 11.8. The third-order valence-electron chi connectivity index (χ3n) is 9.10. The van der Waals surface area contributed by atoms with Gasteiger partial charge in [0.2, 0.25) is 0 Å². The summed E-state index contributed by atoms with van der Waals surface area (Å²) in [6.07, 6.45) is -0.656. The van der Waals surface area contributed by atoms with Gasteiger partial charge in [-0.3, -0.25) is 29.7 Å². The fraction of sp³-hybridized carbons (Fsp3) is 0.163. The lowest BCUT2D eigenvalue weighted by molar-refractivity contribution is 0.0616. The molecule has 4 aromatic carbocycles. The van der Waals surface area contributed by atoms with Gasteiger partial charge in [0.25, 0.3) is 0 Å². The van der Waals surface area contributed by atoms with Crippen LogP contribution in [0.2, 0.25) is 0 Å². The molecule has 0 spiro atoms. The average Bonchev–Trinajstić information content (AvgIpc) is 3.14. The van der Waals surface area contributed by atoms with E-state index in [2.05, 4.69) is 82.6 Å². The lowest BCUT2D eigenvalue weighted by Gasteiger charge is -2.29. The van der Waals surface area contributed by atoms with E-state index in [-0.39, 0.29) is 0 Å². The zero-order chi connectivity index (χ0) is 33.7. The smallest absolute Gasteiger partial charge is 0.0794 e. The molecule has 246 valence electrons. The monoisotopic (exact) mass is 654 g/mol. The first kappa shape index (κ1) is 31.7. The molecular formula is C43H38N6O. The van der Waals surface area contributed by atoms with E-state index in [4.69, 9.17) is 19.9 Å². The second-order valence-corrected chi connectivity index (χ2v) is 13.0. The van der Waals surface area contributed by atoms with Crippen LogP contribution < -0.4 is 0 Å². The van der Waals surface area contributed by atoms with Crippen molar-refractivity contribution in [2.24, 2.45) is 0 Å². The highest BCUT2D eigenvalue weighted by atomic mass is 16.3. The number of pyridine rings is 4. The highest BCUT2D eigenvalue weighted by molar-refractivity contribution is 5.80. The van der Waals surface area contributed by atoms with E-state index in [0.717, 1.165) is 66.4 Å². The van der Waals surface area contributed by atoms with Crippen LogP contribution in [0, 0.1) is 0 Å². The molecule has 50 heavy (non-hydrogen) atoms. The minimum atomic E-state index is -0.656. The maximum Gasteiger partial charge on any atom is 0.0794 e. The molecule has 0 saturated carbocycles. The Hall–Kier alpha value is -5.60. The van der Waals surface area contributed by atoms with Crippen LogP contribution in [0.5, 0.6) is 0 Å². The first-order valence-electron chi connectivity index (χ1n) is 17.1. The summed E-state index contributed by atoms with van der Waals surface area (Å²) in [5.74, 6) is 0. The summed E-state index contributed by atoms with van der Waals surface area (Å²) in [4.78, 5) is 24.4. The van der Waals surface area contributed by atoms with Gasteiger partial charge in [0.05, 0.1) is 50.9 Å². The normalized spacial score (nSPS) is 11.9. The summed E-state index contributed by atoms with van der Waals surface area (Å²) in [6, 6.07) is 49.5. The SMILES string of the molecule is OC(CN(Cc1ccc2ccccc2n1)Cc1ccc2ccccc2n1)CN(Cc1ccc2ccccc2n1)Cc1ccc2ccccc2n1. The van der Waals surface area contributed by atoms with E-state index < -0.39 is 6.10 Å². The molecule has 0 atom stereocenters. The van der Waals surface area contributed by atoms with Crippen molar-refractivity contribution in [1.29, 1.82) is 0 Å². The number of benzene rings is 4. The zero-order valence-electron chi connectivity index (χ0n) is 27.8. The third kappa shape index (κ3) is 7.51. The van der Waals surface area contributed by atoms with Crippen molar-refractivity contribution in [2.45, 2.75) is 32.3 Å². The van der Waals surface area contributed by atoms with E-state index in [1.54, 1.807) is 0 Å². The average molecular weight is 655 g/mol. The molecule has 0 aliphatic carbocycles. The lowest BCUT2D eigenvalue weighted by atomic mass is 10.1. The Kier molecular flexibility index (Phi) is 9.17. The van der Waals surface area contributed by atoms with E-state index in [1.807, 2.05) is 72.8 Å². The van der Waals surface area contributed by atoms with Crippen LogP contribution in [0.4, 0.5) is 0 Å². The van der Waals surface area contributed by atoms with Crippen LogP contribution in [-0.2, 0) is 26.2 Å². The van der Waals surface area contributed by atoms with Crippen molar-refractivity contribution in [3.05, 3.63) is 168 Å². The molecule has 0 unspecified atom stereocenters. The molecule has 0 aliphatic heterocycles. The zero-order valence-corrected chi connectivity index (χ0v) is 27.8. The minimum absolute atomic E-state index is 0.440. The molecule has 0 amide bonds. The topological polar surface area (TPSA) is 78.3 Å². The van der Waals surface area contributed by atoms with Crippen LogP contribution in [0.3, 0.4) is 0 Å². The molecular weight excluding hydrogens is 617 g/mol. The number of aromatic nitrogens is 4. The molecule has 4 heterocycles. The number of nitrogens with zero attached hydrogens (tertiary/aromatic N) is 6. The molecule has 1 N–H and O–H groups in total. The molecule has 0 fully saturated rings. The van der Waals surface area contributed by atoms with Gasteiger partial charge in [-0.05, 0) is 48.5 Å². The second-order valence-electron chi connectivity index (χ2n) is 13.0. The van der Waals surface area contributed by atoms with E-state index >= 15 is 0 Å². The van der Waals surface area contributed by atoms with Gasteiger partial charge in [-0.15, -0.1) is 0 Å². The summed E-state index contributed by atoms with van der Waals surface area (Å²) in [7, 11) is 0. The van der Waals surface area contributed by atoms with Gasteiger partial charge < -0.3 is 5.11 Å². The number of aliphatic hydroxyl groups is 1. The van der Waals surface area contributed by atoms with Gasteiger partial charge in [-0.25, -0.2) is 0 Å². The maximum absolute atomic E-state index is 11.8. The fourth-order valence-electron chi connectivity index (χ4n) is 6.73. The largest absolute Gasteiger partial charge is 0.390 e. The molecule has 7 nitrogen and oxygen atoms in total. The van der Waals surface area contributed by atoms with Gasteiger partial charge in [0.1, 0.15) is 0 Å². The number of hydrogen-bond acceptors (Lipinski definition) is 7. The lowest BCUT2D eigenvalue weighted by Crippen LogP contribution is -2.40. The van der Waals surface area contributed by atoms with Gasteiger partial charge in [0, 0.05) is 60.8 Å². The van der Waals surface area contributed by atoms with Crippen molar-refractivity contribution in [2.75, 3.05) is 13.1 Å². The number of fused-ring (bicyclic) bond motifs is 4. The predicted octanol–water partition coefficient (Wildman–Crippen LogP) is 7.94. The fourth-order valence-corrected chi connectivity index (χ4v) is 6.73. The van der Waals surface area contributed by atoms with Gasteiger partial charge >= 0.3 is 0 Å². The molecule has 8 aromatic rings. The van der Waals surface area contributed by atoms with Crippen molar-refractivity contribution >= 4 is 43.6 Å². The summed E-state index contributed by atoms with van der Waals surface area (Å²) in [6.45, 7) is 3.19.